The van der Waals surface area contributed by atoms with Crippen molar-refractivity contribution in [3.63, 3.8) is 0 Å². The normalized spacial score (nSPS) is 38.5. The molecule has 0 aromatic heterocycles. The molecule has 2 rings (SSSR count). The number of aliphatic hydroxyl groups is 1. The maximum absolute atomic E-state index is 12.0. The third kappa shape index (κ3) is 2.17. The lowest BCUT2D eigenvalue weighted by molar-refractivity contribution is -0.129. The predicted molar refractivity (Wildman–Crippen MR) is 58.3 cm³/mol. The van der Waals surface area contributed by atoms with E-state index in [1.165, 1.54) is 6.42 Å². The molecule has 0 aromatic carbocycles. The average molecular weight is 211 g/mol. The monoisotopic (exact) mass is 211 g/mol. The minimum Gasteiger partial charge on any atom is -0.393 e. The molecule has 2 aliphatic rings. The Labute approximate surface area is 91.2 Å². The van der Waals surface area contributed by atoms with E-state index in [-0.39, 0.29) is 29.4 Å². The molecule has 0 aromatic rings. The topological polar surface area (TPSA) is 49.3 Å². The molecule has 2 N–H and O–H groups in total. The lowest BCUT2D eigenvalue weighted by Gasteiger charge is -2.34. The number of rotatable bonds is 2. The van der Waals surface area contributed by atoms with Gasteiger partial charge in [0.25, 0.3) is 0 Å². The summed E-state index contributed by atoms with van der Waals surface area (Å²) in [7, 11) is 0. The van der Waals surface area contributed by atoms with Crippen LogP contribution in [0, 0.1) is 11.3 Å². The van der Waals surface area contributed by atoms with E-state index >= 15 is 0 Å². The second-order valence-corrected chi connectivity index (χ2v) is 5.76. The van der Waals surface area contributed by atoms with Crippen molar-refractivity contribution in [2.75, 3.05) is 0 Å². The molecule has 86 valence electrons. The van der Waals surface area contributed by atoms with Crippen molar-refractivity contribution in [1.82, 2.24) is 5.32 Å². The number of amides is 1. The third-order valence-electron chi connectivity index (χ3n) is 4.03. The van der Waals surface area contributed by atoms with E-state index in [9.17, 15) is 4.79 Å². The number of carbonyl (C=O) groups is 1. The van der Waals surface area contributed by atoms with Crippen molar-refractivity contribution in [2.45, 2.75) is 58.1 Å². The summed E-state index contributed by atoms with van der Waals surface area (Å²) in [6.45, 7) is 4.36. The summed E-state index contributed by atoms with van der Waals surface area (Å²) in [6.07, 6.45) is 4.62. The Morgan fingerprint density at radius 1 is 1.40 bits per heavy atom. The van der Waals surface area contributed by atoms with Crippen LogP contribution in [0.5, 0.6) is 0 Å². The van der Waals surface area contributed by atoms with Gasteiger partial charge in [-0.25, -0.2) is 0 Å². The van der Waals surface area contributed by atoms with Crippen LogP contribution in [0.3, 0.4) is 0 Å². The second kappa shape index (κ2) is 3.78. The lowest BCUT2D eigenvalue weighted by Crippen LogP contribution is -2.49. The fourth-order valence-corrected chi connectivity index (χ4v) is 2.82. The third-order valence-corrected chi connectivity index (χ3v) is 4.03. The Bertz CT molecular complexity index is 256. The summed E-state index contributed by atoms with van der Waals surface area (Å²) < 4.78 is 0. The van der Waals surface area contributed by atoms with Crippen LogP contribution in [0.15, 0.2) is 0 Å². The van der Waals surface area contributed by atoms with Gasteiger partial charge in [-0.15, -0.1) is 0 Å². The molecule has 1 amide bonds. The van der Waals surface area contributed by atoms with E-state index in [4.69, 9.17) is 5.11 Å². The van der Waals surface area contributed by atoms with Gasteiger partial charge in [0.05, 0.1) is 6.10 Å². The average Bonchev–Trinajstić information content (AvgIpc) is 2.42. The van der Waals surface area contributed by atoms with Crippen molar-refractivity contribution in [2.24, 2.45) is 11.3 Å². The number of hydrogen-bond acceptors (Lipinski definition) is 2. The van der Waals surface area contributed by atoms with Crippen LogP contribution in [0.4, 0.5) is 0 Å². The first-order chi connectivity index (χ1) is 6.99. The molecular weight excluding hydrogens is 190 g/mol. The summed E-state index contributed by atoms with van der Waals surface area (Å²) in [5.41, 5.74) is 0.159. The Kier molecular flexibility index (Phi) is 2.75. The van der Waals surface area contributed by atoms with E-state index < -0.39 is 0 Å². The molecule has 2 saturated carbocycles. The fourth-order valence-electron chi connectivity index (χ4n) is 2.82. The Morgan fingerprint density at radius 3 is 2.53 bits per heavy atom. The Balaban J connectivity index is 1.85. The van der Waals surface area contributed by atoms with E-state index in [0.29, 0.717) is 0 Å². The van der Waals surface area contributed by atoms with Crippen LogP contribution in [0.2, 0.25) is 0 Å². The highest BCUT2D eigenvalue weighted by Gasteiger charge is 2.40. The zero-order valence-corrected chi connectivity index (χ0v) is 9.62. The lowest BCUT2D eigenvalue weighted by atomic mass is 9.80. The number of hydrogen-bond donors (Lipinski definition) is 2. The number of nitrogens with one attached hydrogen (secondary N) is 1. The van der Waals surface area contributed by atoms with Crippen molar-refractivity contribution >= 4 is 5.91 Å². The summed E-state index contributed by atoms with van der Waals surface area (Å²) >= 11 is 0. The molecule has 15 heavy (non-hydrogen) atoms. The minimum absolute atomic E-state index is 0.159. The maximum Gasteiger partial charge on any atom is 0.223 e. The molecule has 0 radical (unpaired) electrons. The largest absolute Gasteiger partial charge is 0.393 e. The molecule has 0 spiro atoms. The van der Waals surface area contributed by atoms with Gasteiger partial charge >= 0.3 is 0 Å². The molecule has 0 heterocycles. The first-order valence-electron chi connectivity index (χ1n) is 5.97. The Morgan fingerprint density at radius 2 is 2.07 bits per heavy atom. The first-order valence-corrected chi connectivity index (χ1v) is 5.97. The molecule has 0 aliphatic heterocycles. The molecule has 3 nitrogen and oxygen atoms in total. The van der Waals surface area contributed by atoms with Gasteiger partial charge in [-0.2, -0.15) is 0 Å². The summed E-state index contributed by atoms with van der Waals surface area (Å²) in [5, 5.41) is 12.2. The smallest absolute Gasteiger partial charge is 0.223 e. The highest BCUT2D eigenvalue weighted by molar-refractivity contribution is 5.80. The summed E-state index contributed by atoms with van der Waals surface area (Å²) in [5.74, 6) is 0.379. The molecule has 2 aliphatic carbocycles. The Hall–Kier alpha value is -0.570. The van der Waals surface area contributed by atoms with Gasteiger partial charge in [-0.05, 0) is 31.1 Å². The van der Waals surface area contributed by atoms with Gasteiger partial charge in [0.1, 0.15) is 0 Å². The fraction of sp³-hybridized carbons (Fsp3) is 0.917. The van der Waals surface area contributed by atoms with Crippen molar-refractivity contribution < 1.29 is 9.90 Å². The number of aliphatic hydroxyl groups excluding tert-OH is 1. The van der Waals surface area contributed by atoms with Gasteiger partial charge in [0.2, 0.25) is 5.91 Å². The van der Waals surface area contributed by atoms with Crippen LogP contribution in [-0.4, -0.2) is 23.2 Å². The molecule has 1 atom stereocenters. The minimum atomic E-state index is -0.188. The van der Waals surface area contributed by atoms with Crippen molar-refractivity contribution in [3.05, 3.63) is 0 Å². The van der Waals surface area contributed by atoms with E-state index in [2.05, 4.69) is 19.2 Å². The van der Waals surface area contributed by atoms with Gasteiger partial charge in [-0.1, -0.05) is 20.3 Å². The zero-order valence-electron chi connectivity index (χ0n) is 9.62. The zero-order chi connectivity index (χ0) is 11.1. The molecule has 1 unspecified atom stereocenters. The van der Waals surface area contributed by atoms with Crippen molar-refractivity contribution in [3.8, 4) is 0 Å². The van der Waals surface area contributed by atoms with Crippen LogP contribution in [0.25, 0.3) is 0 Å². The van der Waals surface area contributed by atoms with Crippen LogP contribution in [-0.2, 0) is 4.79 Å². The SMILES string of the molecule is CC1(C)CCCC1C(=O)NC1CC(O)C1. The van der Waals surface area contributed by atoms with E-state index in [1.807, 2.05) is 0 Å². The molecule has 0 bridgehead atoms. The van der Waals surface area contributed by atoms with E-state index in [0.717, 1.165) is 25.7 Å². The van der Waals surface area contributed by atoms with Crippen LogP contribution >= 0.6 is 0 Å². The van der Waals surface area contributed by atoms with Gasteiger partial charge < -0.3 is 10.4 Å². The maximum atomic E-state index is 12.0. The van der Waals surface area contributed by atoms with Gasteiger partial charge in [-0.3, -0.25) is 4.79 Å². The number of carbonyl (C=O) groups excluding carboxylic acids is 1. The molecule has 3 heteroatoms. The van der Waals surface area contributed by atoms with E-state index in [1.54, 1.807) is 0 Å². The van der Waals surface area contributed by atoms with Crippen LogP contribution in [0.1, 0.15) is 46.0 Å². The summed E-state index contributed by atoms with van der Waals surface area (Å²) in [4.78, 5) is 12.0. The highest BCUT2D eigenvalue weighted by Crippen LogP contribution is 2.42. The standard InChI is InChI=1S/C12H21NO2/c1-12(2)5-3-4-10(12)11(15)13-8-6-9(14)7-8/h8-10,14H,3-7H2,1-2H3,(H,13,15). The van der Waals surface area contributed by atoms with Gasteiger partial charge in [0.15, 0.2) is 0 Å². The first kappa shape index (κ1) is 10.9. The summed E-state index contributed by atoms with van der Waals surface area (Å²) in [6, 6.07) is 0.226. The second-order valence-electron chi connectivity index (χ2n) is 5.76. The molecule has 2 fully saturated rings. The highest BCUT2D eigenvalue weighted by atomic mass is 16.3. The molecular formula is C12H21NO2. The quantitative estimate of drug-likeness (QED) is 0.726. The predicted octanol–water partition coefficient (Wildman–Crippen LogP) is 1.45. The van der Waals surface area contributed by atoms with Crippen molar-refractivity contribution in [1.29, 1.82) is 0 Å². The van der Waals surface area contributed by atoms with Gasteiger partial charge in [0, 0.05) is 12.0 Å². The van der Waals surface area contributed by atoms with Crippen LogP contribution < -0.4 is 5.32 Å². The molecule has 0 saturated heterocycles.